The van der Waals surface area contributed by atoms with Crippen LogP contribution in [0.5, 0.6) is 0 Å². The van der Waals surface area contributed by atoms with Crippen molar-refractivity contribution >= 4 is 28.4 Å². The topological polar surface area (TPSA) is 75.7 Å². The highest BCUT2D eigenvalue weighted by Crippen LogP contribution is 2.40. The Bertz CT molecular complexity index is 976. The molecule has 3 aromatic heterocycles. The molecule has 1 aromatic carbocycles. The van der Waals surface area contributed by atoms with Crippen molar-refractivity contribution in [3.8, 4) is 21.8 Å². The van der Waals surface area contributed by atoms with Crippen molar-refractivity contribution in [1.29, 1.82) is 5.41 Å². The number of hydrogen-bond acceptors (Lipinski definition) is 7. The lowest BCUT2D eigenvalue weighted by molar-refractivity contribution is 0.558. The number of thiazole rings is 2. The Morgan fingerprint density at radius 3 is 2.64 bits per heavy atom. The van der Waals surface area contributed by atoms with Crippen LogP contribution in [-0.4, -0.2) is 20.7 Å². The molecule has 0 radical (unpaired) electrons. The highest BCUT2D eigenvalue weighted by molar-refractivity contribution is 7.16. The third kappa shape index (κ3) is 3.04. The monoisotopic (exact) mass is 366 g/mol. The van der Waals surface area contributed by atoms with E-state index < -0.39 is 0 Å². The quantitative estimate of drug-likeness (QED) is 0.499. The second-order valence-corrected chi connectivity index (χ2v) is 7.41. The summed E-state index contributed by atoms with van der Waals surface area (Å²) >= 11 is 3.08. The van der Waals surface area contributed by atoms with Crippen LogP contribution in [0.25, 0.3) is 21.8 Å². The van der Waals surface area contributed by atoms with E-state index in [-0.39, 0.29) is 5.92 Å². The van der Waals surface area contributed by atoms with Crippen molar-refractivity contribution in [3.63, 3.8) is 0 Å². The van der Waals surface area contributed by atoms with Crippen molar-refractivity contribution in [2.45, 2.75) is 12.8 Å². The van der Waals surface area contributed by atoms with E-state index >= 15 is 0 Å². The fourth-order valence-electron chi connectivity index (χ4n) is 2.60. The summed E-state index contributed by atoms with van der Waals surface area (Å²) in [5, 5.41) is 11.9. The van der Waals surface area contributed by atoms with Gasteiger partial charge in [0.15, 0.2) is 6.39 Å². The van der Waals surface area contributed by atoms with Crippen molar-refractivity contribution in [3.05, 3.63) is 64.6 Å². The lowest BCUT2D eigenvalue weighted by atomic mass is 10.1. The Balaban J connectivity index is 1.89. The molecule has 0 aliphatic carbocycles. The molecule has 0 amide bonds. The molecule has 0 fully saturated rings. The summed E-state index contributed by atoms with van der Waals surface area (Å²) in [5.41, 5.74) is 3.15. The number of oxazole rings is 1. The van der Waals surface area contributed by atoms with Crippen molar-refractivity contribution in [2.24, 2.45) is 0 Å². The summed E-state index contributed by atoms with van der Waals surface area (Å²) in [7, 11) is 0. The maximum absolute atomic E-state index is 8.22. The van der Waals surface area contributed by atoms with Crippen molar-refractivity contribution in [1.82, 2.24) is 15.0 Å². The standard InChI is InChI=1S/C18H14N4OS2/c1-11(19)14(17-20-7-8-24-17)18-22-15(12-5-3-2-4-6-12)16(25-18)13-9-23-10-21-13/h2-10,14,19H,1H3. The molecular weight excluding hydrogens is 352 g/mol. The smallest absolute Gasteiger partial charge is 0.181 e. The van der Waals surface area contributed by atoms with E-state index in [1.165, 1.54) is 17.7 Å². The van der Waals surface area contributed by atoms with Gasteiger partial charge in [-0.15, -0.1) is 22.7 Å². The highest BCUT2D eigenvalue weighted by atomic mass is 32.1. The Morgan fingerprint density at radius 1 is 1.16 bits per heavy atom. The predicted octanol–water partition coefficient (Wildman–Crippen LogP) is 5.09. The molecule has 1 unspecified atom stereocenters. The Kier molecular flexibility index (Phi) is 4.25. The number of nitrogens with one attached hydrogen (secondary N) is 1. The number of aromatic nitrogens is 3. The van der Waals surface area contributed by atoms with Crippen LogP contribution in [0.2, 0.25) is 0 Å². The van der Waals surface area contributed by atoms with E-state index in [4.69, 9.17) is 14.8 Å². The molecule has 1 N–H and O–H groups in total. The van der Waals surface area contributed by atoms with Crippen LogP contribution < -0.4 is 0 Å². The first-order chi connectivity index (χ1) is 12.2. The second-order valence-electron chi connectivity index (χ2n) is 5.46. The minimum absolute atomic E-state index is 0.229. The number of hydrogen-bond donors (Lipinski definition) is 1. The SMILES string of the molecule is CC(=N)C(c1nccs1)c1nc(-c2ccccc2)c(-c2cocn2)s1. The van der Waals surface area contributed by atoms with Crippen LogP contribution in [0, 0.1) is 5.41 Å². The zero-order valence-corrected chi connectivity index (χ0v) is 15.0. The average molecular weight is 366 g/mol. The second kappa shape index (κ2) is 6.70. The Morgan fingerprint density at radius 2 is 2.00 bits per heavy atom. The third-order valence-corrected chi connectivity index (χ3v) is 5.72. The summed E-state index contributed by atoms with van der Waals surface area (Å²) in [6.07, 6.45) is 4.81. The molecule has 7 heteroatoms. The van der Waals surface area contributed by atoms with Gasteiger partial charge in [-0.3, -0.25) is 0 Å². The summed E-state index contributed by atoms with van der Waals surface area (Å²) in [4.78, 5) is 14.5. The Hall–Kier alpha value is -2.64. The molecular formula is C18H14N4OS2. The van der Waals surface area contributed by atoms with Gasteiger partial charge in [0, 0.05) is 22.9 Å². The Labute approximate surface area is 152 Å². The van der Waals surface area contributed by atoms with Gasteiger partial charge in [0.1, 0.15) is 27.9 Å². The largest absolute Gasteiger partial charge is 0.451 e. The molecule has 0 saturated carbocycles. The van der Waals surface area contributed by atoms with Crippen LogP contribution in [0.3, 0.4) is 0 Å². The molecule has 0 bridgehead atoms. The number of nitrogens with zero attached hydrogens (tertiary/aromatic N) is 3. The molecule has 0 aliphatic heterocycles. The van der Waals surface area contributed by atoms with E-state index in [2.05, 4.69) is 9.97 Å². The molecule has 4 aromatic rings. The predicted molar refractivity (Wildman–Crippen MR) is 100 cm³/mol. The summed E-state index contributed by atoms with van der Waals surface area (Å²) in [6, 6.07) is 10.0. The van der Waals surface area contributed by atoms with Gasteiger partial charge in [0.2, 0.25) is 0 Å². The van der Waals surface area contributed by atoms with Gasteiger partial charge in [-0.05, 0) is 6.92 Å². The molecule has 3 heterocycles. The maximum atomic E-state index is 8.22. The molecule has 1 atom stereocenters. The summed E-state index contributed by atoms with van der Waals surface area (Å²) < 4.78 is 5.16. The van der Waals surface area contributed by atoms with E-state index in [1.807, 2.05) is 35.7 Å². The van der Waals surface area contributed by atoms with Crippen LogP contribution >= 0.6 is 22.7 Å². The first kappa shape index (κ1) is 15.9. The lowest BCUT2D eigenvalue weighted by Gasteiger charge is -2.09. The maximum Gasteiger partial charge on any atom is 0.181 e. The molecule has 4 rings (SSSR count). The van der Waals surface area contributed by atoms with E-state index in [0.717, 1.165) is 31.8 Å². The number of benzene rings is 1. The lowest BCUT2D eigenvalue weighted by Crippen LogP contribution is -2.09. The van der Waals surface area contributed by atoms with Gasteiger partial charge >= 0.3 is 0 Å². The third-order valence-electron chi connectivity index (χ3n) is 3.73. The number of rotatable bonds is 5. The van der Waals surface area contributed by atoms with E-state index in [1.54, 1.807) is 30.7 Å². The van der Waals surface area contributed by atoms with Gasteiger partial charge in [-0.1, -0.05) is 30.3 Å². The van der Waals surface area contributed by atoms with Crippen molar-refractivity contribution in [2.75, 3.05) is 0 Å². The van der Waals surface area contributed by atoms with Crippen LogP contribution in [-0.2, 0) is 0 Å². The van der Waals surface area contributed by atoms with Crippen LogP contribution in [0.1, 0.15) is 22.9 Å². The first-order valence-electron chi connectivity index (χ1n) is 7.63. The van der Waals surface area contributed by atoms with E-state index in [0.29, 0.717) is 5.71 Å². The van der Waals surface area contributed by atoms with Crippen molar-refractivity contribution < 1.29 is 4.42 Å². The molecule has 5 nitrogen and oxygen atoms in total. The molecule has 0 aliphatic rings. The summed E-state index contributed by atoms with van der Waals surface area (Å²) in [6.45, 7) is 1.80. The van der Waals surface area contributed by atoms with Gasteiger partial charge in [-0.2, -0.15) is 0 Å². The zero-order valence-electron chi connectivity index (χ0n) is 13.3. The first-order valence-corrected chi connectivity index (χ1v) is 9.33. The molecule has 124 valence electrons. The van der Waals surface area contributed by atoms with Gasteiger partial charge in [0.25, 0.3) is 0 Å². The minimum Gasteiger partial charge on any atom is -0.451 e. The molecule has 0 saturated heterocycles. The summed E-state index contributed by atoms with van der Waals surface area (Å²) in [5.74, 6) is -0.229. The van der Waals surface area contributed by atoms with Gasteiger partial charge in [-0.25, -0.2) is 15.0 Å². The molecule has 25 heavy (non-hydrogen) atoms. The van der Waals surface area contributed by atoms with Crippen LogP contribution in [0.4, 0.5) is 0 Å². The zero-order chi connectivity index (χ0) is 17.2. The molecule has 0 spiro atoms. The highest BCUT2D eigenvalue weighted by Gasteiger charge is 2.26. The van der Waals surface area contributed by atoms with Gasteiger partial charge in [0.05, 0.1) is 10.6 Å². The average Bonchev–Trinajstić information content (AvgIpc) is 3.37. The van der Waals surface area contributed by atoms with E-state index in [9.17, 15) is 0 Å². The minimum atomic E-state index is -0.229. The fraction of sp³-hybridized carbons (Fsp3) is 0.111. The van der Waals surface area contributed by atoms with Gasteiger partial charge < -0.3 is 9.83 Å². The fourth-order valence-corrected chi connectivity index (χ4v) is 4.70. The van der Waals surface area contributed by atoms with Crippen LogP contribution in [0.15, 0.2) is 59.0 Å². The normalized spacial score (nSPS) is 12.2.